The van der Waals surface area contributed by atoms with Crippen molar-refractivity contribution in [2.45, 2.75) is 6.92 Å². The monoisotopic (exact) mass is 352 g/mol. The molecule has 0 bridgehead atoms. The van der Waals surface area contributed by atoms with E-state index in [1.807, 2.05) is 49.4 Å². The Hall–Kier alpha value is -2.79. The Bertz CT molecular complexity index is 796. The summed E-state index contributed by atoms with van der Waals surface area (Å²) in [7, 11) is 1.63. The second-order valence-electron chi connectivity index (χ2n) is 6.18. The van der Waals surface area contributed by atoms with Crippen LogP contribution in [-0.2, 0) is 9.53 Å². The minimum absolute atomic E-state index is 0.172. The Morgan fingerprint density at radius 3 is 2.73 bits per heavy atom. The van der Waals surface area contributed by atoms with Crippen LogP contribution in [0.3, 0.4) is 0 Å². The molecule has 1 N–H and O–H groups in total. The SMILES string of the molecule is COc1ccc(C)cc1/C=C/C(=O)Nc1ccccc1N1CCOCC1. The van der Waals surface area contributed by atoms with Gasteiger partial charge in [-0.1, -0.05) is 23.8 Å². The van der Waals surface area contributed by atoms with E-state index in [-0.39, 0.29) is 5.91 Å². The average molecular weight is 352 g/mol. The largest absolute Gasteiger partial charge is 0.496 e. The molecule has 3 rings (SSSR count). The lowest BCUT2D eigenvalue weighted by Gasteiger charge is -2.30. The summed E-state index contributed by atoms with van der Waals surface area (Å²) in [6.07, 6.45) is 3.31. The van der Waals surface area contributed by atoms with Crippen LogP contribution in [-0.4, -0.2) is 39.3 Å². The third-order valence-corrected chi connectivity index (χ3v) is 4.31. The van der Waals surface area contributed by atoms with E-state index in [1.54, 1.807) is 13.2 Å². The molecule has 1 aliphatic heterocycles. The quantitative estimate of drug-likeness (QED) is 0.837. The van der Waals surface area contributed by atoms with Gasteiger partial charge in [-0.05, 0) is 37.3 Å². The maximum absolute atomic E-state index is 12.4. The number of benzene rings is 2. The molecule has 26 heavy (non-hydrogen) atoms. The Morgan fingerprint density at radius 1 is 1.19 bits per heavy atom. The number of methoxy groups -OCH3 is 1. The predicted octanol–water partition coefficient (Wildman–Crippen LogP) is 3.49. The number of carbonyl (C=O) groups is 1. The van der Waals surface area contributed by atoms with Gasteiger partial charge in [-0.3, -0.25) is 4.79 Å². The van der Waals surface area contributed by atoms with Crippen LogP contribution >= 0.6 is 0 Å². The molecular formula is C21H24N2O3. The van der Waals surface area contributed by atoms with E-state index in [0.717, 1.165) is 41.3 Å². The number of morpholine rings is 1. The summed E-state index contributed by atoms with van der Waals surface area (Å²) in [6, 6.07) is 13.7. The molecule has 0 aliphatic carbocycles. The van der Waals surface area contributed by atoms with Crippen LogP contribution in [0.15, 0.2) is 48.5 Å². The minimum Gasteiger partial charge on any atom is -0.496 e. The molecule has 2 aromatic rings. The van der Waals surface area contributed by atoms with Gasteiger partial charge in [-0.25, -0.2) is 0 Å². The molecule has 136 valence electrons. The summed E-state index contributed by atoms with van der Waals surface area (Å²) in [6.45, 7) is 5.06. The molecule has 0 saturated carbocycles. The molecule has 5 nitrogen and oxygen atoms in total. The number of amides is 1. The molecule has 1 saturated heterocycles. The summed E-state index contributed by atoms with van der Waals surface area (Å²) in [4.78, 5) is 14.7. The Labute approximate surface area is 154 Å². The normalized spacial score (nSPS) is 14.5. The van der Waals surface area contributed by atoms with Crippen molar-refractivity contribution >= 4 is 23.4 Å². The van der Waals surface area contributed by atoms with Gasteiger partial charge in [0.1, 0.15) is 5.75 Å². The van der Waals surface area contributed by atoms with Gasteiger partial charge in [0.25, 0.3) is 0 Å². The lowest BCUT2D eigenvalue weighted by atomic mass is 10.1. The van der Waals surface area contributed by atoms with Gasteiger partial charge >= 0.3 is 0 Å². The van der Waals surface area contributed by atoms with Gasteiger partial charge in [-0.15, -0.1) is 0 Å². The van der Waals surface area contributed by atoms with Gasteiger partial charge in [0.05, 0.1) is 31.7 Å². The lowest BCUT2D eigenvalue weighted by molar-refractivity contribution is -0.111. The molecular weight excluding hydrogens is 328 g/mol. The lowest BCUT2D eigenvalue weighted by Crippen LogP contribution is -2.36. The van der Waals surface area contributed by atoms with Gasteiger partial charge in [0, 0.05) is 24.7 Å². The number of hydrogen-bond donors (Lipinski definition) is 1. The average Bonchev–Trinajstić information content (AvgIpc) is 2.67. The summed E-state index contributed by atoms with van der Waals surface area (Å²) in [5.41, 5.74) is 3.82. The van der Waals surface area contributed by atoms with Crippen LogP contribution in [0.5, 0.6) is 5.75 Å². The summed E-state index contributed by atoms with van der Waals surface area (Å²) in [5, 5.41) is 2.98. The second kappa shape index (κ2) is 8.54. The van der Waals surface area contributed by atoms with Crippen molar-refractivity contribution in [2.24, 2.45) is 0 Å². The number of rotatable bonds is 5. The van der Waals surface area contributed by atoms with Crippen LogP contribution in [0.2, 0.25) is 0 Å². The highest BCUT2D eigenvalue weighted by Crippen LogP contribution is 2.26. The van der Waals surface area contributed by atoms with E-state index in [4.69, 9.17) is 9.47 Å². The first-order valence-electron chi connectivity index (χ1n) is 8.73. The van der Waals surface area contributed by atoms with Crippen LogP contribution in [0.4, 0.5) is 11.4 Å². The molecule has 0 unspecified atom stereocenters. The number of hydrogen-bond acceptors (Lipinski definition) is 4. The van der Waals surface area contributed by atoms with Crippen molar-refractivity contribution in [2.75, 3.05) is 43.6 Å². The zero-order valence-electron chi connectivity index (χ0n) is 15.2. The second-order valence-corrected chi connectivity index (χ2v) is 6.18. The standard InChI is InChI=1S/C21H24N2O3/c1-16-7-9-20(25-2)17(15-16)8-10-21(24)22-18-5-3-4-6-19(18)23-11-13-26-14-12-23/h3-10,15H,11-14H2,1-2H3,(H,22,24)/b10-8+. The Morgan fingerprint density at radius 2 is 1.96 bits per heavy atom. The molecule has 0 atom stereocenters. The van der Waals surface area contributed by atoms with Crippen LogP contribution in [0.25, 0.3) is 6.08 Å². The van der Waals surface area contributed by atoms with Gasteiger partial charge in [0.15, 0.2) is 0 Å². The van der Waals surface area contributed by atoms with Gasteiger partial charge in [0.2, 0.25) is 5.91 Å². The fourth-order valence-electron chi connectivity index (χ4n) is 2.98. The minimum atomic E-state index is -0.172. The number of anilines is 2. The molecule has 1 fully saturated rings. The number of para-hydroxylation sites is 2. The van der Waals surface area contributed by atoms with Crippen molar-refractivity contribution in [3.05, 3.63) is 59.7 Å². The maximum atomic E-state index is 12.4. The van der Waals surface area contributed by atoms with E-state index >= 15 is 0 Å². The van der Waals surface area contributed by atoms with Crippen molar-refractivity contribution in [3.8, 4) is 5.75 Å². The highest BCUT2D eigenvalue weighted by atomic mass is 16.5. The Kier molecular flexibility index (Phi) is 5.92. The molecule has 0 spiro atoms. The zero-order chi connectivity index (χ0) is 18.4. The van der Waals surface area contributed by atoms with Crippen molar-refractivity contribution in [1.82, 2.24) is 0 Å². The predicted molar refractivity (Wildman–Crippen MR) is 105 cm³/mol. The summed E-state index contributed by atoms with van der Waals surface area (Å²) >= 11 is 0. The van der Waals surface area contributed by atoms with Crippen LogP contribution in [0, 0.1) is 6.92 Å². The summed E-state index contributed by atoms with van der Waals surface area (Å²) < 4.78 is 10.8. The molecule has 2 aromatic carbocycles. The van der Waals surface area contributed by atoms with E-state index in [9.17, 15) is 4.79 Å². The van der Waals surface area contributed by atoms with Crippen LogP contribution in [0.1, 0.15) is 11.1 Å². The van der Waals surface area contributed by atoms with E-state index < -0.39 is 0 Å². The van der Waals surface area contributed by atoms with Crippen molar-refractivity contribution in [3.63, 3.8) is 0 Å². The first kappa shape index (κ1) is 18.0. The zero-order valence-corrected chi connectivity index (χ0v) is 15.2. The fraction of sp³-hybridized carbons (Fsp3) is 0.286. The number of aryl methyl sites for hydroxylation is 1. The Balaban J connectivity index is 1.73. The van der Waals surface area contributed by atoms with E-state index in [0.29, 0.717) is 13.2 Å². The number of nitrogens with one attached hydrogen (secondary N) is 1. The third-order valence-electron chi connectivity index (χ3n) is 4.31. The molecule has 5 heteroatoms. The first-order chi connectivity index (χ1) is 12.7. The molecule has 1 heterocycles. The molecule has 0 radical (unpaired) electrons. The first-order valence-corrected chi connectivity index (χ1v) is 8.73. The number of nitrogens with zero attached hydrogens (tertiary/aromatic N) is 1. The third kappa shape index (κ3) is 4.43. The highest BCUT2D eigenvalue weighted by Gasteiger charge is 2.15. The smallest absolute Gasteiger partial charge is 0.248 e. The van der Waals surface area contributed by atoms with Gasteiger partial charge < -0.3 is 19.7 Å². The number of carbonyl (C=O) groups excluding carboxylic acids is 1. The van der Waals surface area contributed by atoms with Gasteiger partial charge in [-0.2, -0.15) is 0 Å². The van der Waals surface area contributed by atoms with Crippen molar-refractivity contribution in [1.29, 1.82) is 0 Å². The van der Waals surface area contributed by atoms with E-state index in [2.05, 4.69) is 10.2 Å². The van der Waals surface area contributed by atoms with Crippen molar-refractivity contribution < 1.29 is 14.3 Å². The summed E-state index contributed by atoms with van der Waals surface area (Å²) in [5.74, 6) is 0.572. The molecule has 1 amide bonds. The number of ether oxygens (including phenoxy) is 2. The fourth-order valence-corrected chi connectivity index (χ4v) is 2.98. The molecule has 0 aromatic heterocycles. The van der Waals surface area contributed by atoms with Crippen LogP contribution < -0.4 is 15.0 Å². The van der Waals surface area contributed by atoms with E-state index in [1.165, 1.54) is 6.08 Å². The topological polar surface area (TPSA) is 50.8 Å². The molecule has 1 aliphatic rings. The highest BCUT2D eigenvalue weighted by molar-refractivity contribution is 6.04. The maximum Gasteiger partial charge on any atom is 0.248 e.